The van der Waals surface area contributed by atoms with E-state index < -0.39 is 0 Å². The highest BCUT2D eigenvalue weighted by molar-refractivity contribution is 5.79. The molecule has 4 heteroatoms. The average molecular weight is 262 g/mol. The van der Waals surface area contributed by atoms with Crippen molar-refractivity contribution in [2.24, 2.45) is 4.99 Å². The van der Waals surface area contributed by atoms with Gasteiger partial charge in [0.25, 0.3) is 0 Å². The Labute approximate surface area is 116 Å². The second kappa shape index (κ2) is 8.40. The number of hydrogen-bond donors (Lipinski definition) is 2. The number of rotatable bonds is 6. The standard InChI is InChI=1S/C15H26N4/c1-5-11-17-15(16-2)18-12-10-13-6-8-14(9-7-13)19(3)4/h6-9H,5,10-12H2,1-4H3,(H2,16,17,18). The van der Waals surface area contributed by atoms with Crippen molar-refractivity contribution in [2.75, 3.05) is 39.1 Å². The summed E-state index contributed by atoms with van der Waals surface area (Å²) in [6, 6.07) is 8.66. The maximum atomic E-state index is 4.18. The maximum Gasteiger partial charge on any atom is 0.190 e. The Hall–Kier alpha value is -1.71. The molecule has 4 nitrogen and oxygen atoms in total. The fourth-order valence-corrected chi connectivity index (χ4v) is 1.75. The lowest BCUT2D eigenvalue weighted by Crippen LogP contribution is -2.38. The predicted octanol–water partition coefficient (Wildman–Crippen LogP) is 1.87. The Balaban J connectivity index is 2.36. The number of guanidine groups is 1. The van der Waals surface area contributed by atoms with E-state index in [0.717, 1.165) is 31.9 Å². The molecular weight excluding hydrogens is 236 g/mol. The number of aliphatic imine (C=N–C) groups is 1. The number of nitrogens with one attached hydrogen (secondary N) is 2. The van der Waals surface area contributed by atoms with E-state index in [1.165, 1.54) is 11.3 Å². The molecule has 1 aromatic rings. The van der Waals surface area contributed by atoms with Gasteiger partial charge in [-0.1, -0.05) is 19.1 Å². The molecule has 0 aliphatic heterocycles. The summed E-state index contributed by atoms with van der Waals surface area (Å²) in [6.07, 6.45) is 2.10. The third-order valence-corrected chi connectivity index (χ3v) is 2.92. The molecule has 0 aliphatic rings. The first-order chi connectivity index (χ1) is 9.17. The normalized spacial score (nSPS) is 11.3. The highest BCUT2D eigenvalue weighted by atomic mass is 15.2. The molecule has 1 rings (SSSR count). The van der Waals surface area contributed by atoms with Crippen molar-refractivity contribution >= 4 is 11.6 Å². The molecule has 0 radical (unpaired) electrons. The molecule has 0 aliphatic carbocycles. The summed E-state index contributed by atoms with van der Waals surface area (Å²) in [5, 5.41) is 6.58. The third kappa shape index (κ3) is 5.64. The van der Waals surface area contributed by atoms with Crippen LogP contribution in [-0.4, -0.2) is 40.2 Å². The highest BCUT2D eigenvalue weighted by Gasteiger charge is 1.98. The number of benzene rings is 1. The van der Waals surface area contributed by atoms with Gasteiger partial charge in [-0.3, -0.25) is 4.99 Å². The van der Waals surface area contributed by atoms with Gasteiger partial charge >= 0.3 is 0 Å². The van der Waals surface area contributed by atoms with Crippen LogP contribution in [0.3, 0.4) is 0 Å². The molecule has 0 bridgehead atoms. The summed E-state index contributed by atoms with van der Waals surface area (Å²) >= 11 is 0. The number of hydrogen-bond acceptors (Lipinski definition) is 2. The smallest absolute Gasteiger partial charge is 0.190 e. The second-order valence-electron chi connectivity index (χ2n) is 4.74. The fraction of sp³-hybridized carbons (Fsp3) is 0.533. The van der Waals surface area contributed by atoms with E-state index in [4.69, 9.17) is 0 Å². The van der Waals surface area contributed by atoms with Crippen molar-refractivity contribution in [1.29, 1.82) is 0 Å². The zero-order valence-electron chi connectivity index (χ0n) is 12.5. The van der Waals surface area contributed by atoms with Crippen molar-refractivity contribution in [2.45, 2.75) is 19.8 Å². The monoisotopic (exact) mass is 262 g/mol. The summed E-state index contributed by atoms with van der Waals surface area (Å²) in [5.41, 5.74) is 2.57. The largest absolute Gasteiger partial charge is 0.378 e. The van der Waals surface area contributed by atoms with Gasteiger partial charge in [-0.15, -0.1) is 0 Å². The molecule has 0 fully saturated rings. The van der Waals surface area contributed by atoms with Crippen molar-refractivity contribution < 1.29 is 0 Å². The summed E-state index contributed by atoms with van der Waals surface area (Å²) in [5.74, 6) is 0.881. The molecule has 0 saturated carbocycles. The molecule has 0 saturated heterocycles. The van der Waals surface area contributed by atoms with E-state index in [-0.39, 0.29) is 0 Å². The lowest BCUT2D eigenvalue weighted by atomic mass is 10.1. The van der Waals surface area contributed by atoms with Crippen LogP contribution in [0.15, 0.2) is 29.3 Å². The van der Waals surface area contributed by atoms with Crippen LogP contribution in [0, 0.1) is 0 Å². The maximum absolute atomic E-state index is 4.18. The highest BCUT2D eigenvalue weighted by Crippen LogP contribution is 2.12. The Morgan fingerprint density at radius 2 is 1.74 bits per heavy atom. The lowest BCUT2D eigenvalue weighted by Gasteiger charge is -2.13. The number of anilines is 1. The van der Waals surface area contributed by atoms with E-state index in [0.29, 0.717) is 0 Å². The van der Waals surface area contributed by atoms with Gasteiger partial charge in [-0.05, 0) is 30.5 Å². The summed E-state index contributed by atoms with van der Waals surface area (Å²) in [7, 11) is 5.91. The van der Waals surface area contributed by atoms with Gasteiger partial charge < -0.3 is 15.5 Å². The lowest BCUT2D eigenvalue weighted by molar-refractivity contribution is 0.773. The Morgan fingerprint density at radius 3 is 2.26 bits per heavy atom. The van der Waals surface area contributed by atoms with E-state index in [1.54, 1.807) is 7.05 Å². The molecule has 1 aromatic carbocycles. The topological polar surface area (TPSA) is 39.7 Å². The van der Waals surface area contributed by atoms with Gasteiger partial charge in [-0.25, -0.2) is 0 Å². The van der Waals surface area contributed by atoms with Crippen LogP contribution in [0.1, 0.15) is 18.9 Å². The molecule has 0 unspecified atom stereocenters. The first kappa shape index (κ1) is 15.3. The van der Waals surface area contributed by atoms with Crippen LogP contribution < -0.4 is 15.5 Å². The fourth-order valence-electron chi connectivity index (χ4n) is 1.75. The van der Waals surface area contributed by atoms with Crippen molar-refractivity contribution in [3.8, 4) is 0 Å². The van der Waals surface area contributed by atoms with Crippen LogP contribution in [0.25, 0.3) is 0 Å². The molecule has 0 aromatic heterocycles. The average Bonchev–Trinajstić information content (AvgIpc) is 2.43. The third-order valence-electron chi connectivity index (χ3n) is 2.92. The van der Waals surface area contributed by atoms with Crippen molar-refractivity contribution in [3.63, 3.8) is 0 Å². The first-order valence-corrected chi connectivity index (χ1v) is 6.88. The summed E-state index contributed by atoms with van der Waals surface area (Å²) in [4.78, 5) is 6.29. The minimum Gasteiger partial charge on any atom is -0.378 e. The molecule has 2 N–H and O–H groups in total. The van der Waals surface area contributed by atoms with Crippen LogP contribution in [0.4, 0.5) is 5.69 Å². The molecule has 0 amide bonds. The van der Waals surface area contributed by atoms with Gasteiger partial charge in [0.2, 0.25) is 0 Å². The van der Waals surface area contributed by atoms with Crippen LogP contribution in [0.5, 0.6) is 0 Å². The van der Waals surface area contributed by atoms with Crippen LogP contribution >= 0.6 is 0 Å². The zero-order chi connectivity index (χ0) is 14.1. The van der Waals surface area contributed by atoms with Gasteiger partial charge in [0, 0.05) is 39.9 Å². The van der Waals surface area contributed by atoms with E-state index >= 15 is 0 Å². The first-order valence-electron chi connectivity index (χ1n) is 6.88. The Morgan fingerprint density at radius 1 is 1.11 bits per heavy atom. The minimum absolute atomic E-state index is 0.881. The molecule has 0 spiro atoms. The summed E-state index contributed by atoms with van der Waals surface area (Å²) < 4.78 is 0. The molecular formula is C15H26N4. The van der Waals surface area contributed by atoms with Crippen LogP contribution in [0.2, 0.25) is 0 Å². The zero-order valence-corrected chi connectivity index (χ0v) is 12.5. The quantitative estimate of drug-likeness (QED) is 0.607. The SMILES string of the molecule is CCCNC(=NC)NCCc1ccc(N(C)C)cc1. The Kier molecular flexibility index (Phi) is 6.79. The molecule has 0 atom stereocenters. The van der Waals surface area contributed by atoms with Gasteiger partial charge in [-0.2, -0.15) is 0 Å². The minimum atomic E-state index is 0.881. The van der Waals surface area contributed by atoms with E-state index in [2.05, 4.69) is 65.8 Å². The molecule has 19 heavy (non-hydrogen) atoms. The van der Waals surface area contributed by atoms with Gasteiger partial charge in [0.05, 0.1) is 0 Å². The van der Waals surface area contributed by atoms with E-state index in [1.807, 2.05) is 0 Å². The second-order valence-corrected chi connectivity index (χ2v) is 4.74. The van der Waals surface area contributed by atoms with Gasteiger partial charge in [0.15, 0.2) is 5.96 Å². The van der Waals surface area contributed by atoms with Crippen LogP contribution in [-0.2, 0) is 6.42 Å². The Bertz CT molecular complexity index is 382. The van der Waals surface area contributed by atoms with Crippen molar-refractivity contribution in [1.82, 2.24) is 10.6 Å². The predicted molar refractivity (Wildman–Crippen MR) is 84.1 cm³/mol. The van der Waals surface area contributed by atoms with Gasteiger partial charge in [0.1, 0.15) is 0 Å². The van der Waals surface area contributed by atoms with E-state index in [9.17, 15) is 0 Å². The van der Waals surface area contributed by atoms with Crippen molar-refractivity contribution in [3.05, 3.63) is 29.8 Å². The summed E-state index contributed by atoms with van der Waals surface area (Å²) in [6.45, 7) is 3.99. The number of nitrogens with zero attached hydrogens (tertiary/aromatic N) is 2. The molecule has 106 valence electrons. The molecule has 0 heterocycles.